The molecule has 2 heterocycles. The zero-order chi connectivity index (χ0) is 53.8. The van der Waals surface area contributed by atoms with Crippen LogP contribution in [0.3, 0.4) is 0 Å². The van der Waals surface area contributed by atoms with Crippen molar-refractivity contribution in [1.82, 2.24) is 9.13 Å². The number of nitrogens with zero attached hydrogens (tertiary/aromatic N) is 3. The number of aromatic nitrogens is 2. The predicted octanol–water partition coefficient (Wildman–Crippen LogP) is 19.9. The van der Waals surface area contributed by atoms with Crippen LogP contribution in [0.4, 0.5) is 13.2 Å². The van der Waals surface area contributed by atoms with E-state index in [4.69, 9.17) is 0 Å². The van der Waals surface area contributed by atoms with Crippen LogP contribution < -0.4 is 0 Å². The van der Waals surface area contributed by atoms with Gasteiger partial charge in [-0.2, -0.15) is 18.4 Å². The maximum atomic E-state index is 14.8. The monoisotopic (exact) mass is 1010 g/mol. The van der Waals surface area contributed by atoms with E-state index in [1.165, 1.54) is 39.9 Å². The molecule has 0 aliphatic carbocycles. The van der Waals surface area contributed by atoms with Crippen LogP contribution in [-0.4, -0.2) is 9.13 Å². The van der Waals surface area contributed by atoms with Crippen molar-refractivity contribution < 1.29 is 13.2 Å². The summed E-state index contributed by atoms with van der Waals surface area (Å²) in [4.78, 5) is 0. The molecule has 0 saturated heterocycles. The lowest BCUT2D eigenvalue weighted by molar-refractivity contribution is -0.137. The highest BCUT2D eigenvalue weighted by Gasteiger charge is 2.32. The van der Waals surface area contributed by atoms with Gasteiger partial charge in [-0.05, 0) is 194 Å². The number of nitriles is 1. The Kier molecular flexibility index (Phi) is 11.7. The minimum absolute atomic E-state index is 0.403. The molecule has 0 fully saturated rings. The van der Waals surface area contributed by atoms with Gasteiger partial charge in [-0.25, -0.2) is 0 Å². The van der Waals surface area contributed by atoms with E-state index in [1.807, 2.05) is 12.1 Å². The average Bonchev–Trinajstić information content (AvgIpc) is 3.96. The molecule has 12 rings (SSSR count). The Morgan fingerprint density at radius 2 is 0.740 bits per heavy atom. The van der Waals surface area contributed by atoms with E-state index in [1.54, 1.807) is 13.0 Å². The number of aryl methyl sites for hydroxylation is 8. The highest BCUT2D eigenvalue weighted by Crippen LogP contribution is 2.47. The van der Waals surface area contributed by atoms with Gasteiger partial charge in [0, 0.05) is 27.1 Å². The fourth-order valence-electron chi connectivity index (χ4n) is 12.1. The van der Waals surface area contributed by atoms with Gasteiger partial charge in [0.15, 0.2) is 0 Å². The maximum Gasteiger partial charge on any atom is 0.416 e. The summed E-state index contributed by atoms with van der Waals surface area (Å²) >= 11 is 0. The lowest BCUT2D eigenvalue weighted by atomic mass is 9.93. The van der Waals surface area contributed by atoms with Crippen molar-refractivity contribution in [3.8, 4) is 73.1 Å². The third-order valence-corrected chi connectivity index (χ3v) is 16.1. The first kappa shape index (κ1) is 49.0. The molecular weight excluding hydrogens is 952 g/mol. The van der Waals surface area contributed by atoms with Crippen LogP contribution in [0, 0.1) is 73.6 Å². The average molecular weight is 1010 g/mol. The number of rotatable bonds is 7. The Hall–Kier alpha value is -8.92. The van der Waals surface area contributed by atoms with E-state index in [9.17, 15) is 18.4 Å². The normalized spacial score (nSPS) is 11.9. The van der Waals surface area contributed by atoms with Gasteiger partial charge in [0.05, 0.1) is 50.6 Å². The van der Waals surface area contributed by atoms with E-state index in [-0.39, 0.29) is 0 Å². The van der Waals surface area contributed by atoms with Crippen LogP contribution >= 0.6 is 0 Å². The van der Waals surface area contributed by atoms with Crippen molar-refractivity contribution in [2.24, 2.45) is 0 Å². The Balaban J connectivity index is 1.27. The van der Waals surface area contributed by atoms with Gasteiger partial charge in [0.2, 0.25) is 0 Å². The van der Waals surface area contributed by atoms with Gasteiger partial charge >= 0.3 is 6.18 Å². The molecule has 0 amide bonds. The molecule has 77 heavy (non-hydrogen) atoms. The van der Waals surface area contributed by atoms with Crippen molar-refractivity contribution in [3.63, 3.8) is 0 Å². The van der Waals surface area contributed by atoms with Gasteiger partial charge in [-0.3, -0.25) is 0 Å². The molecule has 0 saturated carbocycles. The van der Waals surface area contributed by atoms with Crippen molar-refractivity contribution in [3.05, 3.63) is 237 Å². The molecular formula is C71H56F3N3. The number of alkyl halides is 3. The molecule has 6 heteroatoms. The summed E-state index contributed by atoms with van der Waals surface area (Å²) in [7, 11) is 0. The number of benzene rings is 10. The summed E-state index contributed by atoms with van der Waals surface area (Å²) < 4.78 is 48.9. The number of hydrogen-bond donors (Lipinski definition) is 0. The Morgan fingerprint density at radius 1 is 0.364 bits per heavy atom. The maximum absolute atomic E-state index is 14.8. The van der Waals surface area contributed by atoms with Crippen LogP contribution in [-0.2, 0) is 6.18 Å². The minimum Gasteiger partial charge on any atom is -0.308 e. The van der Waals surface area contributed by atoms with Crippen LogP contribution in [0.1, 0.15) is 61.2 Å². The summed E-state index contributed by atoms with van der Waals surface area (Å²) in [5, 5.41) is 15.4. The van der Waals surface area contributed by atoms with Crippen molar-refractivity contribution in [2.75, 3.05) is 0 Å². The number of fused-ring (bicyclic) bond motifs is 6. The van der Waals surface area contributed by atoms with E-state index < -0.39 is 11.7 Å². The van der Waals surface area contributed by atoms with Crippen LogP contribution in [0.25, 0.3) is 111 Å². The molecule has 2 aromatic heterocycles. The third-order valence-electron chi connectivity index (χ3n) is 16.1. The summed E-state index contributed by atoms with van der Waals surface area (Å²) in [5.74, 6) is 0. The van der Waals surface area contributed by atoms with Gasteiger partial charge in [-0.1, -0.05) is 144 Å². The summed E-state index contributed by atoms with van der Waals surface area (Å²) in [5.41, 5.74) is 24.2. The molecule has 0 N–H and O–H groups in total. The van der Waals surface area contributed by atoms with Crippen LogP contribution in [0.15, 0.2) is 176 Å². The molecule has 0 bridgehead atoms. The van der Waals surface area contributed by atoms with E-state index in [2.05, 4.69) is 216 Å². The molecule has 10 aromatic carbocycles. The Labute approximate surface area is 447 Å². The Bertz CT molecular complexity index is 4390. The van der Waals surface area contributed by atoms with Gasteiger partial charge in [0.1, 0.15) is 0 Å². The summed E-state index contributed by atoms with van der Waals surface area (Å²) in [6.07, 6.45) is -4.57. The third kappa shape index (κ3) is 8.29. The van der Waals surface area contributed by atoms with Crippen molar-refractivity contribution in [1.29, 1.82) is 5.26 Å². The van der Waals surface area contributed by atoms with E-state index in [0.29, 0.717) is 33.6 Å². The second-order valence-corrected chi connectivity index (χ2v) is 21.3. The lowest BCUT2D eigenvalue weighted by Crippen LogP contribution is -2.08. The number of hydrogen-bond acceptors (Lipinski definition) is 1. The highest BCUT2D eigenvalue weighted by atomic mass is 19.4. The van der Waals surface area contributed by atoms with E-state index >= 15 is 0 Å². The second kappa shape index (κ2) is 18.4. The lowest BCUT2D eigenvalue weighted by Gasteiger charge is -2.23. The molecule has 3 nitrogen and oxygen atoms in total. The minimum atomic E-state index is -4.57. The summed E-state index contributed by atoms with van der Waals surface area (Å²) in [6.45, 7) is 18.7. The number of halogens is 3. The topological polar surface area (TPSA) is 33.6 Å². The zero-order valence-corrected chi connectivity index (χ0v) is 44.7. The standard InChI is InChI=1S/C71H56F3N3/c1-40-13-21-55(44(5)29-40)50-16-24-60-61-25-17-51(56-22-14-41(2)30-45(56)6)36-65(61)76(64(60)35-50)68-33-49(39-75)34-69(70(68)58-28-20-54(32-47(58)8)71(72,73)74)77-66-37-52(57-23-15-42(3)31-46(57)7)18-26-62(66)63-27-19-53(38-67(63)77)59-12-10-11-43(4)48(59)9/h10-38H,1-9H3. The molecule has 0 radical (unpaired) electrons. The Morgan fingerprint density at radius 3 is 1.10 bits per heavy atom. The first-order valence-corrected chi connectivity index (χ1v) is 26.2. The smallest absolute Gasteiger partial charge is 0.308 e. The SMILES string of the molecule is Cc1ccc(-c2ccc3c4ccc(-c5ccc(C)cc5C)cc4n(-c4cc(C#N)cc(-n5c6cc(-c7ccc(C)cc7C)ccc6c6ccc(-c7cccc(C)c7C)cc65)c4-c4ccc(C(F)(F)F)cc4C)c3c2)c(C)c1. The zero-order valence-electron chi connectivity index (χ0n) is 44.7. The van der Waals surface area contributed by atoms with Gasteiger partial charge in [0.25, 0.3) is 0 Å². The first-order valence-electron chi connectivity index (χ1n) is 26.2. The first-order chi connectivity index (χ1) is 36.9. The van der Waals surface area contributed by atoms with Gasteiger partial charge < -0.3 is 9.13 Å². The van der Waals surface area contributed by atoms with Crippen molar-refractivity contribution in [2.45, 2.75) is 68.5 Å². The summed E-state index contributed by atoms with van der Waals surface area (Å²) in [6, 6.07) is 62.8. The van der Waals surface area contributed by atoms with Crippen LogP contribution in [0.2, 0.25) is 0 Å². The fourth-order valence-corrected chi connectivity index (χ4v) is 12.1. The molecule has 0 aliphatic heterocycles. The van der Waals surface area contributed by atoms with E-state index in [0.717, 1.165) is 105 Å². The quantitative estimate of drug-likeness (QED) is 0.157. The highest BCUT2D eigenvalue weighted by molar-refractivity contribution is 6.14. The fraction of sp³-hybridized carbons (Fsp3) is 0.141. The van der Waals surface area contributed by atoms with Crippen molar-refractivity contribution >= 4 is 43.6 Å². The predicted molar refractivity (Wildman–Crippen MR) is 315 cm³/mol. The molecule has 0 unspecified atom stereocenters. The van der Waals surface area contributed by atoms with Crippen LogP contribution in [0.5, 0.6) is 0 Å². The molecule has 0 spiro atoms. The molecule has 376 valence electrons. The second-order valence-electron chi connectivity index (χ2n) is 21.3. The van der Waals surface area contributed by atoms with Gasteiger partial charge in [-0.15, -0.1) is 0 Å². The molecule has 12 aromatic rings. The largest absolute Gasteiger partial charge is 0.416 e. The molecule has 0 aliphatic rings. The molecule has 0 atom stereocenters.